The number of rotatable bonds is 2. The minimum absolute atomic E-state index is 0.0680. The third-order valence-electron chi connectivity index (χ3n) is 4.89. The first-order chi connectivity index (χ1) is 12.5. The molecule has 1 aliphatic rings. The van der Waals surface area contributed by atoms with Crippen molar-refractivity contribution in [3.05, 3.63) is 29.8 Å². The minimum atomic E-state index is 0.0680. The van der Waals surface area contributed by atoms with Crippen LogP contribution in [0.4, 0.5) is 5.69 Å². The standard InChI is InChI=1S/C21H33N3O2/c1-18(25)24-15-11-7-5-4-6-10-14-23(21(26)17-22(2)3)16-19-12-8-9-13-20(19)24/h8-9,12-13H,4-7,10-11,14-17H2,1-3H3. The molecule has 26 heavy (non-hydrogen) atoms. The zero-order valence-corrected chi connectivity index (χ0v) is 16.5. The molecule has 0 atom stereocenters. The lowest BCUT2D eigenvalue weighted by atomic mass is 10.1. The second-order valence-corrected chi connectivity index (χ2v) is 7.47. The van der Waals surface area contributed by atoms with Crippen LogP contribution >= 0.6 is 0 Å². The van der Waals surface area contributed by atoms with Crippen LogP contribution in [0.2, 0.25) is 0 Å². The molecule has 0 aliphatic carbocycles. The normalized spacial score (nSPS) is 17.1. The molecule has 0 spiro atoms. The fraction of sp³-hybridized carbons (Fsp3) is 0.619. The maximum Gasteiger partial charge on any atom is 0.237 e. The van der Waals surface area contributed by atoms with Crippen molar-refractivity contribution >= 4 is 17.5 Å². The van der Waals surface area contributed by atoms with Crippen LogP contribution in [0.1, 0.15) is 51.0 Å². The quantitative estimate of drug-likeness (QED) is 0.814. The van der Waals surface area contributed by atoms with Crippen LogP contribution in [0.5, 0.6) is 0 Å². The van der Waals surface area contributed by atoms with E-state index >= 15 is 0 Å². The summed E-state index contributed by atoms with van der Waals surface area (Å²) in [6.45, 7) is 4.13. The van der Waals surface area contributed by atoms with Gasteiger partial charge in [0.15, 0.2) is 0 Å². The Morgan fingerprint density at radius 3 is 2.23 bits per heavy atom. The van der Waals surface area contributed by atoms with Gasteiger partial charge in [0.1, 0.15) is 0 Å². The molecule has 5 nitrogen and oxygen atoms in total. The van der Waals surface area contributed by atoms with Crippen molar-refractivity contribution in [1.82, 2.24) is 9.80 Å². The van der Waals surface area contributed by atoms with Gasteiger partial charge in [0.25, 0.3) is 0 Å². The number of anilines is 1. The van der Waals surface area contributed by atoms with Gasteiger partial charge in [-0.15, -0.1) is 0 Å². The van der Waals surface area contributed by atoms with Crippen LogP contribution in [-0.4, -0.2) is 55.3 Å². The molecule has 1 aromatic rings. The lowest BCUT2D eigenvalue weighted by Crippen LogP contribution is -2.38. The van der Waals surface area contributed by atoms with Crippen LogP contribution < -0.4 is 4.90 Å². The fourth-order valence-electron chi connectivity index (χ4n) is 3.50. The van der Waals surface area contributed by atoms with Gasteiger partial charge in [-0.05, 0) is 38.6 Å². The van der Waals surface area contributed by atoms with E-state index in [-0.39, 0.29) is 11.8 Å². The Hall–Kier alpha value is -1.88. The first-order valence-electron chi connectivity index (χ1n) is 9.77. The van der Waals surface area contributed by atoms with E-state index in [1.165, 1.54) is 12.8 Å². The molecular weight excluding hydrogens is 326 g/mol. The van der Waals surface area contributed by atoms with Crippen molar-refractivity contribution in [3.63, 3.8) is 0 Å². The molecule has 0 saturated carbocycles. The second-order valence-electron chi connectivity index (χ2n) is 7.47. The molecule has 1 heterocycles. The van der Waals surface area contributed by atoms with Gasteiger partial charge in [-0.3, -0.25) is 9.59 Å². The van der Waals surface area contributed by atoms with E-state index in [0.29, 0.717) is 13.1 Å². The third kappa shape index (κ3) is 6.13. The van der Waals surface area contributed by atoms with Gasteiger partial charge >= 0.3 is 0 Å². The highest BCUT2D eigenvalue weighted by molar-refractivity contribution is 5.92. The van der Waals surface area contributed by atoms with Gasteiger partial charge in [-0.2, -0.15) is 0 Å². The predicted molar refractivity (Wildman–Crippen MR) is 106 cm³/mol. The van der Waals surface area contributed by atoms with E-state index in [1.807, 2.05) is 53.1 Å². The number of carbonyl (C=O) groups is 2. The molecule has 0 fully saturated rings. The molecule has 2 amide bonds. The van der Waals surface area contributed by atoms with E-state index in [1.54, 1.807) is 6.92 Å². The topological polar surface area (TPSA) is 43.9 Å². The summed E-state index contributed by atoms with van der Waals surface area (Å²) in [5.74, 6) is 0.215. The van der Waals surface area contributed by atoms with E-state index in [9.17, 15) is 9.59 Å². The minimum Gasteiger partial charge on any atom is -0.337 e. The largest absolute Gasteiger partial charge is 0.337 e. The summed E-state index contributed by atoms with van der Waals surface area (Å²) in [6.07, 6.45) is 6.76. The molecule has 1 aromatic carbocycles. The van der Waals surface area contributed by atoms with Gasteiger partial charge in [-0.25, -0.2) is 0 Å². The number of benzene rings is 1. The number of likely N-dealkylation sites (N-methyl/N-ethyl adjacent to an activating group) is 1. The molecule has 0 N–H and O–H groups in total. The first kappa shape index (κ1) is 20.4. The molecule has 2 rings (SSSR count). The molecule has 1 aliphatic heterocycles. The van der Waals surface area contributed by atoms with Crippen molar-refractivity contribution in [3.8, 4) is 0 Å². The molecular formula is C21H33N3O2. The van der Waals surface area contributed by atoms with Gasteiger partial charge in [0.05, 0.1) is 6.54 Å². The molecule has 0 unspecified atom stereocenters. The number of hydrogen-bond donors (Lipinski definition) is 0. The third-order valence-corrected chi connectivity index (χ3v) is 4.89. The summed E-state index contributed by atoms with van der Waals surface area (Å²) in [7, 11) is 3.84. The van der Waals surface area contributed by atoms with Crippen LogP contribution in [0, 0.1) is 0 Å². The Kier molecular flexibility index (Phi) is 8.10. The zero-order valence-electron chi connectivity index (χ0n) is 16.5. The average Bonchev–Trinajstić information content (AvgIpc) is 2.60. The smallest absolute Gasteiger partial charge is 0.237 e. The summed E-state index contributed by atoms with van der Waals surface area (Å²) in [4.78, 5) is 30.7. The number of hydrogen-bond acceptors (Lipinski definition) is 3. The van der Waals surface area contributed by atoms with Crippen molar-refractivity contribution < 1.29 is 9.59 Å². The maximum absolute atomic E-state index is 12.7. The van der Waals surface area contributed by atoms with Crippen molar-refractivity contribution in [2.24, 2.45) is 0 Å². The molecule has 0 bridgehead atoms. The fourth-order valence-corrected chi connectivity index (χ4v) is 3.50. The molecule has 5 heteroatoms. The van der Waals surface area contributed by atoms with Crippen LogP contribution in [-0.2, 0) is 16.1 Å². The van der Waals surface area contributed by atoms with Gasteiger partial charge in [0.2, 0.25) is 11.8 Å². The van der Waals surface area contributed by atoms with Crippen molar-refractivity contribution in [2.45, 2.75) is 52.0 Å². The summed E-state index contributed by atoms with van der Waals surface area (Å²) in [6, 6.07) is 8.01. The zero-order chi connectivity index (χ0) is 18.9. The second kappa shape index (κ2) is 10.3. The highest BCUT2D eigenvalue weighted by Gasteiger charge is 2.20. The summed E-state index contributed by atoms with van der Waals surface area (Å²) in [5, 5.41) is 0. The molecule has 0 aromatic heterocycles. The van der Waals surface area contributed by atoms with E-state index in [2.05, 4.69) is 0 Å². The van der Waals surface area contributed by atoms with Crippen LogP contribution in [0.15, 0.2) is 24.3 Å². The maximum atomic E-state index is 12.7. The summed E-state index contributed by atoms with van der Waals surface area (Å²) in [5.41, 5.74) is 2.00. The predicted octanol–water partition coefficient (Wildman–Crippen LogP) is 3.28. The first-order valence-corrected chi connectivity index (χ1v) is 9.77. The Bertz CT molecular complexity index is 601. The van der Waals surface area contributed by atoms with E-state index in [0.717, 1.165) is 50.0 Å². The van der Waals surface area contributed by atoms with Crippen molar-refractivity contribution in [2.75, 3.05) is 38.6 Å². The molecule has 0 saturated heterocycles. The highest BCUT2D eigenvalue weighted by atomic mass is 16.2. The Morgan fingerprint density at radius 1 is 0.962 bits per heavy atom. The van der Waals surface area contributed by atoms with Crippen LogP contribution in [0.3, 0.4) is 0 Å². The highest BCUT2D eigenvalue weighted by Crippen LogP contribution is 2.24. The number of nitrogens with zero attached hydrogens (tertiary/aromatic N) is 3. The molecule has 0 radical (unpaired) electrons. The van der Waals surface area contributed by atoms with E-state index < -0.39 is 0 Å². The Balaban J connectivity index is 2.30. The van der Waals surface area contributed by atoms with Crippen molar-refractivity contribution in [1.29, 1.82) is 0 Å². The monoisotopic (exact) mass is 359 g/mol. The summed E-state index contributed by atoms with van der Waals surface area (Å²) < 4.78 is 0. The lowest BCUT2D eigenvalue weighted by Gasteiger charge is -2.28. The number of fused-ring (bicyclic) bond motifs is 1. The number of carbonyl (C=O) groups excluding carboxylic acids is 2. The average molecular weight is 360 g/mol. The summed E-state index contributed by atoms with van der Waals surface area (Å²) >= 11 is 0. The number of para-hydroxylation sites is 1. The lowest BCUT2D eigenvalue weighted by molar-refractivity contribution is -0.132. The Labute approximate surface area is 158 Å². The molecule has 144 valence electrons. The SMILES string of the molecule is CC(=O)N1CCCCCCCCN(C(=O)CN(C)C)Cc2ccccc21. The Morgan fingerprint density at radius 2 is 1.58 bits per heavy atom. The number of amides is 2. The van der Waals surface area contributed by atoms with Gasteiger partial charge in [-0.1, -0.05) is 43.9 Å². The van der Waals surface area contributed by atoms with Gasteiger partial charge < -0.3 is 14.7 Å². The van der Waals surface area contributed by atoms with E-state index in [4.69, 9.17) is 0 Å². The van der Waals surface area contributed by atoms with Gasteiger partial charge in [0, 0.05) is 32.2 Å². The van der Waals surface area contributed by atoms with Crippen LogP contribution in [0.25, 0.3) is 0 Å².